The van der Waals surface area contributed by atoms with E-state index >= 15 is 0 Å². The minimum Gasteiger partial charge on any atom is -0.391 e. The Kier molecular flexibility index (Phi) is 5.01. The SMILES string of the molecule is CN([C@@]1(C)C[C@@H](n2ccc3c(N[C@H]4CCc5ccccc54)ncnc32)C[C@@H]1O)S(=O)(=O)O. The zero-order chi connectivity index (χ0) is 22.7. The third kappa shape index (κ3) is 3.38. The summed E-state index contributed by atoms with van der Waals surface area (Å²) in [6, 6.07) is 10.4. The number of benzene rings is 1. The molecule has 1 fully saturated rings. The molecule has 9 nitrogen and oxygen atoms in total. The fraction of sp³-hybridized carbons (Fsp3) is 0.455. The summed E-state index contributed by atoms with van der Waals surface area (Å²) < 4.78 is 35.8. The second-order valence-corrected chi connectivity index (χ2v) is 10.5. The Morgan fingerprint density at radius 1 is 1.25 bits per heavy atom. The molecule has 1 saturated carbocycles. The van der Waals surface area contributed by atoms with E-state index in [1.165, 1.54) is 24.5 Å². The van der Waals surface area contributed by atoms with Gasteiger partial charge in [0.05, 0.1) is 23.1 Å². The first-order chi connectivity index (χ1) is 15.2. The maximum atomic E-state index is 11.7. The van der Waals surface area contributed by atoms with Gasteiger partial charge in [-0.05, 0) is 49.8 Å². The lowest BCUT2D eigenvalue weighted by atomic mass is 9.98. The summed E-state index contributed by atoms with van der Waals surface area (Å²) >= 11 is 0. The quantitative estimate of drug-likeness (QED) is 0.504. The van der Waals surface area contributed by atoms with Crippen LogP contribution in [0.3, 0.4) is 0 Å². The molecule has 5 rings (SSSR count). The van der Waals surface area contributed by atoms with Gasteiger partial charge in [0.25, 0.3) is 0 Å². The molecular formula is C22H27N5O4S. The fourth-order valence-electron chi connectivity index (χ4n) is 5.27. The van der Waals surface area contributed by atoms with E-state index in [9.17, 15) is 18.1 Å². The molecule has 0 amide bonds. The molecule has 3 N–H and O–H groups in total. The molecule has 3 aromatic rings. The number of fused-ring (bicyclic) bond motifs is 2. The number of hydrogen-bond donors (Lipinski definition) is 3. The summed E-state index contributed by atoms with van der Waals surface area (Å²) in [5.74, 6) is 0.756. The van der Waals surface area contributed by atoms with Gasteiger partial charge in [-0.1, -0.05) is 24.3 Å². The predicted octanol–water partition coefficient (Wildman–Crippen LogP) is 2.72. The summed E-state index contributed by atoms with van der Waals surface area (Å²) in [7, 11) is -3.14. The molecule has 4 atom stereocenters. The monoisotopic (exact) mass is 457 g/mol. The number of aliphatic hydroxyl groups excluding tert-OH is 1. The van der Waals surface area contributed by atoms with Crippen LogP contribution in [0.15, 0.2) is 42.9 Å². The Morgan fingerprint density at radius 3 is 2.81 bits per heavy atom. The Balaban J connectivity index is 1.44. The fourth-order valence-corrected chi connectivity index (χ4v) is 6.00. The number of aliphatic hydroxyl groups is 1. The minimum absolute atomic E-state index is 0.174. The van der Waals surface area contributed by atoms with E-state index in [1.807, 2.05) is 16.8 Å². The molecule has 2 aliphatic rings. The topological polar surface area (TPSA) is 121 Å². The van der Waals surface area contributed by atoms with Crippen LogP contribution < -0.4 is 5.32 Å². The Morgan fingerprint density at radius 2 is 2.03 bits per heavy atom. The van der Waals surface area contributed by atoms with Crippen molar-refractivity contribution in [3.05, 3.63) is 54.0 Å². The molecule has 10 heteroatoms. The number of nitrogens with one attached hydrogen (secondary N) is 1. The zero-order valence-electron chi connectivity index (χ0n) is 18.0. The molecule has 0 saturated heterocycles. The van der Waals surface area contributed by atoms with Crippen LogP contribution in [0.2, 0.25) is 0 Å². The van der Waals surface area contributed by atoms with Gasteiger partial charge in [-0.2, -0.15) is 12.7 Å². The normalized spacial score (nSPS) is 27.8. The third-order valence-corrected chi connectivity index (χ3v) is 8.38. The number of rotatable bonds is 5. The second-order valence-electron chi connectivity index (χ2n) is 9.03. The maximum Gasteiger partial charge on any atom is 0.336 e. The van der Waals surface area contributed by atoms with Crippen molar-refractivity contribution in [2.24, 2.45) is 0 Å². The minimum atomic E-state index is -4.43. The van der Waals surface area contributed by atoms with Crippen molar-refractivity contribution in [3.63, 3.8) is 0 Å². The molecule has 0 radical (unpaired) electrons. The van der Waals surface area contributed by atoms with Crippen LogP contribution in [0, 0.1) is 0 Å². The van der Waals surface area contributed by atoms with Gasteiger partial charge in [-0.25, -0.2) is 9.97 Å². The van der Waals surface area contributed by atoms with Crippen molar-refractivity contribution in [2.75, 3.05) is 12.4 Å². The highest BCUT2D eigenvalue weighted by Gasteiger charge is 2.50. The highest BCUT2D eigenvalue weighted by atomic mass is 32.2. The zero-order valence-corrected chi connectivity index (χ0v) is 18.8. The van der Waals surface area contributed by atoms with Crippen LogP contribution in [-0.4, -0.2) is 55.6 Å². The summed E-state index contributed by atoms with van der Waals surface area (Å²) in [4.78, 5) is 8.96. The molecule has 1 aromatic carbocycles. The Labute approximate surface area is 187 Å². The molecule has 2 aliphatic carbocycles. The van der Waals surface area contributed by atoms with Crippen LogP contribution in [0.25, 0.3) is 11.0 Å². The maximum absolute atomic E-state index is 11.7. The predicted molar refractivity (Wildman–Crippen MR) is 121 cm³/mol. The Bertz CT molecular complexity index is 1280. The number of aromatic nitrogens is 3. The lowest BCUT2D eigenvalue weighted by Crippen LogP contribution is -2.52. The first-order valence-electron chi connectivity index (χ1n) is 10.7. The molecule has 0 bridgehead atoms. The molecule has 0 spiro atoms. The van der Waals surface area contributed by atoms with Gasteiger partial charge in [0.15, 0.2) is 0 Å². The number of anilines is 1. The van der Waals surface area contributed by atoms with Crippen molar-refractivity contribution in [1.82, 2.24) is 18.8 Å². The first-order valence-corrected chi connectivity index (χ1v) is 12.1. The van der Waals surface area contributed by atoms with Crippen LogP contribution >= 0.6 is 0 Å². The number of nitrogens with zero attached hydrogens (tertiary/aromatic N) is 4. The average molecular weight is 458 g/mol. The van der Waals surface area contributed by atoms with Gasteiger partial charge in [-0.15, -0.1) is 0 Å². The molecule has 170 valence electrons. The number of likely N-dealkylation sites (N-methyl/N-ethyl adjacent to an activating group) is 1. The van der Waals surface area contributed by atoms with Crippen molar-refractivity contribution in [1.29, 1.82) is 0 Å². The summed E-state index contributed by atoms with van der Waals surface area (Å²) in [6.07, 6.45) is 5.23. The molecule has 2 heterocycles. The van der Waals surface area contributed by atoms with Crippen LogP contribution in [0.4, 0.5) is 5.82 Å². The highest BCUT2D eigenvalue weighted by Crippen LogP contribution is 2.43. The molecular weight excluding hydrogens is 430 g/mol. The summed E-state index contributed by atoms with van der Waals surface area (Å²) in [5.41, 5.74) is 2.26. The summed E-state index contributed by atoms with van der Waals surface area (Å²) in [5, 5.41) is 15.1. The molecule has 32 heavy (non-hydrogen) atoms. The van der Waals surface area contributed by atoms with Gasteiger partial charge >= 0.3 is 10.3 Å². The van der Waals surface area contributed by atoms with Gasteiger partial charge < -0.3 is 15.0 Å². The number of aryl methyl sites for hydroxylation is 1. The van der Waals surface area contributed by atoms with E-state index in [4.69, 9.17) is 0 Å². The van der Waals surface area contributed by atoms with Crippen molar-refractivity contribution >= 4 is 27.2 Å². The van der Waals surface area contributed by atoms with E-state index < -0.39 is 21.9 Å². The van der Waals surface area contributed by atoms with Crippen LogP contribution in [0.5, 0.6) is 0 Å². The van der Waals surface area contributed by atoms with Crippen molar-refractivity contribution < 1.29 is 18.1 Å². The van der Waals surface area contributed by atoms with E-state index in [0.29, 0.717) is 12.8 Å². The van der Waals surface area contributed by atoms with Gasteiger partial charge in [0.2, 0.25) is 0 Å². The first kappa shape index (κ1) is 21.3. The average Bonchev–Trinajstić information content (AvgIpc) is 3.44. The van der Waals surface area contributed by atoms with E-state index in [1.54, 1.807) is 6.92 Å². The standard InChI is InChI=1S/C22H27N5O4S/c1-22(26(2)32(29,30)31)12-15(11-19(22)28)27-10-9-17-20(23-13-24-21(17)27)25-18-8-7-14-5-3-4-6-16(14)18/h3-6,9-10,13,15,18-19,28H,7-8,11-12H2,1-2H3,(H,23,24,25)(H,29,30,31)/t15-,18-,19-,22-/m0/s1. The molecule has 0 unspecified atom stereocenters. The lowest BCUT2D eigenvalue weighted by molar-refractivity contribution is 0.0538. The highest BCUT2D eigenvalue weighted by molar-refractivity contribution is 7.83. The molecule has 2 aromatic heterocycles. The molecule has 0 aliphatic heterocycles. The van der Waals surface area contributed by atoms with Crippen molar-refractivity contribution in [2.45, 2.75) is 56.3 Å². The Hall–Kier alpha value is -2.53. The van der Waals surface area contributed by atoms with Gasteiger partial charge in [0, 0.05) is 19.3 Å². The van der Waals surface area contributed by atoms with E-state index in [2.05, 4.69) is 39.6 Å². The van der Waals surface area contributed by atoms with Crippen LogP contribution in [-0.2, 0) is 16.7 Å². The lowest BCUT2D eigenvalue weighted by Gasteiger charge is -2.35. The van der Waals surface area contributed by atoms with E-state index in [-0.39, 0.29) is 12.1 Å². The number of hydrogen-bond acceptors (Lipinski definition) is 6. The van der Waals surface area contributed by atoms with Crippen LogP contribution in [0.1, 0.15) is 49.4 Å². The third-order valence-electron chi connectivity index (χ3n) is 7.27. The van der Waals surface area contributed by atoms with Gasteiger partial charge in [-0.3, -0.25) is 4.55 Å². The van der Waals surface area contributed by atoms with Gasteiger partial charge in [0.1, 0.15) is 17.8 Å². The van der Waals surface area contributed by atoms with E-state index in [0.717, 1.165) is 34.0 Å². The summed E-state index contributed by atoms with van der Waals surface area (Å²) in [6.45, 7) is 1.65. The second kappa shape index (κ2) is 7.51. The van der Waals surface area contributed by atoms with Crippen molar-refractivity contribution in [3.8, 4) is 0 Å². The largest absolute Gasteiger partial charge is 0.391 e. The smallest absolute Gasteiger partial charge is 0.336 e.